The van der Waals surface area contributed by atoms with Gasteiger partial charge in [-0.3, -0.25) is 4.79 Å². The van der Waals surface area contributed by atoms with Crippen LogP contribution >= 0.6 is 0 Å². The van der Waals surface area contributed by atoms with Crippen LogP contribution in [0.5, 0.6) is 0 Å². The lowest BCUT2D eigenvalue weighted by molar-refractivity contribution is 0.0514. The van der Waals surface area contributed by atoms with Gasteiger partial charge in [0.15, 0.2) is 0 Å². The van der Waals surface area contributed by atoms with Crippen molar-refractivity contribution in [2.45, 2.75) is 97.5 Å². The largest absolute Gasteiger partial charge is 0.390 e. The Morgan fingerprint density at radius 3 is 1.85 bits per heavy atom. The first-order valence-electron chi connectivity index (χ1n) is 10.8. The Kier molecular flexibility index (Phi) is 9.52. The highest BCUT2D eigenvalue weighted by molar-refractivity contribution is 5.94. The molecule has 0 heterocycles. The lowest BCUT2D eigenvalue weighted by atomic mass is 9.74. The molecule has 0 saturated heterocycles. The summed E-state index contributed by atoms with van der Waals surface area (Å²) < 4.78 is 0. The molecule has 0 atom stereocenters. The van der Waals surface area contributed by atoms with Gasteiger partial charge in [-0.25, -0.2) is 0 Å². The fraction of sp³-hybridized carbons (Fsp3) is 0.708. The van der Waals surface area contributed by atoms with E-state index >= 15 is 0 Å². The molecule has 0 bridgehead atoms. The fourth-order valence-corrected chi connectivity index (χ4v) is 3.56. The van der Waals surface area contributed by atoms with E-state index in [4.69, 9.17) is 0 Å². The Bertz CT molecular complexity index is 549. The van der Waals surface area contributed by atoms with Crippen LogP contribution in [0, 0.1) is 0 Å². The molecule has 0 aliphatic carbocycles. The number of amides is 1. The van der Waals surface area contributed by atoms with Crippen LogP contribution in [0.2, 0.25) is 0 Å². The predicted octanol–water partition coefficient (Wildman–Crippen LogP) is 5.95. The van der Waals surface area contributed by atoms with Crippen LogP contribution in [-0.2, 0) is 5.41 Å². The summed E-state index contributed by atoms with van der Waals surface area (Å²) in [5, 5.41) is 9.94. The van der Waals surface area contributed by atoms with E-state index in [1.165, 1.54) is 44.1 Å². The summed E-state index contributed by atoms with van der Waals surface area (Å²) in [4.78, 5) is 14.7. The zero-order valence-electron chi connectivity index (χ0n) is 18.5. The number of carbonyl (C=O) groups is 1. The average Bonchev–Trinajstić information content (AvgIpc) is 2.64. The van der Waals surface area contributed by atoms with Crippen molar-refractivity contribution in [1.29, 1.82) is 0 Å². The monoisotopic (exact) mass is 375 g/mol. The summed E-state index contributed by atoms with van der Waals surface area (Å²) >= 11 is 0. The van der Waals surface area contributed by atoms with Gasteiger partial charge in [0, 0.05) is 18.7 Å². The molecular formula is C24H41NO2. The Balaban J connectivity index is 2.92. The molecule has 0 saturated carbocycles. The van der Waals surface area contributed by atoms with Crippen molar-refractivity contribution >= 4 is 5.91 Å². The molecule has 1 N–H and O–H groups in total. The van der Waals surface area contributed by atoms with Gasteiger partial charge in [-0.1, -0.05) is 58.6 Å². The molecule has 3 nitrogen and oxygen atoms in total. The molecule has 0 spiro atoms. The molecule has 1 rings (SSSR count). The van der Waals surface area contributed by atoms with Crippen LogP contribution in [0.1, 0.15) is 102 Å². The first-order chi connectivity index (χ1) is 12.7. The molecule has 0 aromatic heterocycles. The van der Waals surface area contributed by atoms with E-state index in [0.717, 1.165) is 5.56 Å². The minimum absolute atomic E-state index is 0.0529. The van der Waals surface area contributed by atoms with E-state index in [0.29, 0.717) is 19.5 Å². The second kappa shape index (κ2) is 10.8. The highest BCUT2D eigenvalue weighted by atomic mass is 16.3. The van der Waals surface area contributed by atoms with E-state index in [-0.39, 0.29) is 11.3 Å². The fourth-order valence-electron chi connectivity index (χ4n) is 3.56. The number of rotatable bonds is 12. The van der Waals surface area contributed by atoms with Crippen LogP contribution < -0.4 is 0 Å². The molecule has 0 fully saturated rings. The number of benzene rings is 1. The van der Waals surface area contributed by atoms with E-state index in [2.05, 4.69) is 32.9 Å². The Morgan fingerprint density at radius 2 is 1.44 bits per heavy atom. The van der Waals surface area contributed by atoms with Gasteiger partial charge in [0.25, 0.3) is 5.91 Å². The smallest absolute Gasteiger partial charge is 0.253 e. The molecule has 1 amide bonds. The Morgan fingerprint density at radius 1 is 0.926 bits per heavy atom. The average molecular weight is 376 g/mol. The number of hydrogen-bond acceptors (Lipinski definition) is 2. The maximum atomic E-state index is 12.8. The van der Waals surface area contributed by atoms with Crippen molar-refractivity contribution in [3.05, 3.63) is 35.4 Å². The lowest BCUT2D eigenvalue weighted by Crippen LogP contribution is -2.35. The van der Waals surface area contributed by atoms with E-state index in [1.807, 2.05) is 24.0 Å². The van der Waals surface area contributed by atoms with Crippen LogP contribution in [-0.4, -0.2) is 34.6 Å². The summed E-state index contributed by atoms with van der Waals surface area (Å²) in [7, 11) is 0. The zero-order valence-corrected chi connectivity index (χ0v) is 18.5. The van der Waals surface area contributed by atoms with Crippen molar-refractivity contribution in [3.8, 4) is 0 Å². The molecule has 154 valence electrons. The summed E-state index contributed by atoms with van der Waals surface area (Å²) in [6.45, 7) is 13.7. The summed E-state index contributed by atoms with van der Waals surface area (Å²) in [6, 6.07) is 8.28. The lowest BCUT2D eigenvalue weighted by Gasteiger charge is -2.31. The van der Waals surface area contributed by atoms with E-state index in [1.54, 1.807) is 13.8 Å². The van der Waals surface area contributed by atoms with E-state index in [9.17, 15) is 9.90 Å². The van der Waals surface area contributed by atoms with Gasteiger partial charge in [-0.15, -0.1) is 0 Å². The van der Waals surface area contributed by atoms with Crippen molar-refractivity contribution in [1.82, 2.24) is 4.90 Å². The van der Waals surface area contributed by atoms with Gasteiger partial charge in [-0.2, -0.15) is 0 Å². The summed E-state index contributed by atoms with van der Waals surface area (Å²) in [5.74, 6) is 0.0529. The molecule has 27 heavy (non-hydrogen) atoms. The van der Waals surface area contributed by atoms with Crippen molar-refractivity contribution < 1.29 is 9.90 Å². The van der Waals surface area contributed by atoms with Gasteiger partial charge in [-0.05, 0) is 63.1 Å². The number of aliphatic hydroxyl groups is 1. The maximum absolute atomic E-state index is 12.8. The minimum atomic E-state index is -0.752. The number of nitrogens with zero attached hydrogens (tertiary/aromatic N) is 1. The van der Waals surface area contributed by atoms with Gasteiger partial charge in [0.05, 0.1) is 5.60 Å². The molecule has 0 aliphatic heterocycles. The van der Waals surface area contributed by atoms with Crippen LogP contribution in [0.25, 0.3) is 0 Å². The minimum Gasteiger partial charge on any atom is -0.390 e. The first-order valence-corrected chi connectivity index (χ1v) is 10.8. The third-order valence-electron chi connectivity index (χ3n) is 5.66. The number of carbonyl (C=O) groups excluding carboxylic acids is 1. The highest BCUT2D eigenvalue weighted by Gasteiger charge is 2.26. The Labute approximate surface area is 167 Å². The zero-order chi connectivity index (χ0) is 20.5. The van der Waals surface area contributed by atoms with E-state index < -0.39 is 5.60 Å². The van der Waals surface area contributed by atoms with Gasteiger partial charge in [0.1, 0.15) is 0 Å². The number of unbranched alkanes of at least 4 members (excludes halogenated alkanes) is 2. The molecule has 0 aliphatic rings. The van der Waals surface area contributed by atoms with Crippen LogP contribution in [0.4, 0.5) is 0 Å². The van der Waals surface area contributed by atoms with Gasteiger partial charge < -0.3 is 10.0 Å². The van der Waals surface area contributed by atoms with Crippen LogP contribution in [0.15, 0.2) is 24.3 Å². The quantitative estimate of drug-likeness (QED) is 0.490. The summed E-state index contributed by atoms with van der Waals surface area (Å²) in [5.41, 5.74) is 1.53. The second-order valence-corrected chi connectivity index (χ2v) is 8.79. The topological polar surface area (TPSA) is 40.5 Å². The van der Waals surface area contributed by atoms with Gasteiger partial charge in [0.2, 0.25) is 0 Å². The Hall–Kier alpha value is -1.35. The highest BCUT2D eigenvalue weighted by Crippen LogP contribution is 2.35. The normalized spacial score (nSPS) is 12.3. The van der Waals surface area contributed by atoms with Crippen LogP contribution in [0.3, 0.4) is 0 Å². The van der Waals surface area contributed by atoms with Crippen molar-refractivity contribution in [3.63, 3.8) is 0 Å². The molecule has 0 unspecified atom stereocenters. The third-order valence-corrected chi connectivity index (χ3v) is 5.66. The molecule has 0 radical (unpaired) electrons. The van der Waals surface area contributed by atoms with Crippen molar-refractivity contribution in [2.75, 3.05) is 13.1 Å². The maximum Gasteiger partial charge on any atom is 0.253 e. The molecule has 1 aromatic rings. The molecular weight excluding hydrogens is 334 g/mol. The second-order valence-electron chi connectivity index (χ2n) is 8.79. The van der Waals surface area contributed by atoms with Crippen molar-refractivity contribution in [2.24, 2.45) is 0 Å². The molecule has 1 aromatic carbocycles. The molecule has 3 heteroatoms. The SMILES string of the molecule is CCCCC(C)(CCCC)c1ccc(C(=O)N(CC)CCC(C)(C)O)cc1. The standard InChI is InChI=1S/C24H41NO2/c1-7-10-16-24(6,17-11-8-2)21-14-12-20(13-15-21)22(26)25(9-3)19-18-23(4,5)27/h12-15,27H,7-11,16-19H2,1-6H3. The van der Waals surface area contributed by atoms with Gasteiger partial charge >= 0.3 is 0 Å². The summed E-state index contributed by atoms with van der Waals surface area (Å²) in [6.07, 6.45) is 7.88. The predicted molar refractivity (Wildman–Crippen MR) is 115 cm³/mol. The number of hydrogen-bond donors (Lipinski definition) is 1. The third kappa shape index (κ3) is 7.65. The first kappa shape index (κ1) is 23.7.